The van der Waals surface area contributed by atoms with Crippen LogP contribution in [0, 0.1) is 6.92 Å². The summed E-state index contributed by atoms with van der Waals surface area (Å²) in [5.74, 6) is 0.261. The van der Waals surface area contributed by atoms with Gasteiger partial charge in [-0.05, 0) is 18.6 Å². The van der Waals surface area contributed by atoms with Gasteiger partial charge in [0.2, 0.25) is 5.95 Å². The molecule has 0 saturated heterocycles. The number of aromatic nitrogens is 3. The normalized spacial score (nSPS) is 10.5. The van der Waals surface area contributed by atoms with Crippen LogP contribution in [0.15, 0.2) is 18.3 Å². The molecule has 0 aliphatic heterocycles. The van der Waals surface area contributed by atoms with Gasteiger partial charge in [0.1, 0.15) is 0 Å². The van der Waals surface area contributed by atoms with E-state index in [0.717, 1.165) is 11.2 Å². The Morgan fingerprint density at radius 1 is 1.53 bits per heavy atom. The molecule has 1 N–H and O–H groups in total. The summed E-state index contributed by atoms with van der Waals surface area (Å²) in [6, 6.07) is 3.87. The Balaban J connectivity index is 2.02. The Kier molecular flexibility index (Phi) is 3.22. The smallest absolute Gasteiger partial charge is 0.307 e. The maximum atomic E-state index is 10.9. The maximum Gasteiger partial charge on any atom is 0.307 e. The first-order chi connectivity index (χ1) is 8.19. The van der Waals surface area contributed by atoms with Crippen molar-refractivity contribution in [3.05, 3.63) is 23.9 Å². The van der Waals surface area contributed by atoms with Gasteiger partial charge in [-0.15, -0.1) is 5.10 Å². The molecule has 0 amide bonds. The first kappa shape index (κ1) is 11.4. The highest BCUT2D eigenvalue weighted by Crippen LogP contribution is 2.06. The predicted molar refractivity (Wildman–Crippen MR) is 62.8 cm³/mol. The zero-order valence-electron chi connectivity index (χ0n) is 9.80. The molecule has 0 saturated carbocycles. The average molecular weight is 234 g/mol. The summed E-state index contributed by atoms with van der Waals surface area (Å²) in [6.07, 6.45) is 2.19. The van der Waals surface area contributed by atoms with Gasteiger partial charge in [0.05, 0.1) is 13.5 Å². The van der Waals surface area contributed by atoms with E-state index in [-0.39, 0.29) is 5.97 Å². The number of anilines is 1. The number of fused-ring (bicyclic) bond motifs is 1. The topological polar surface area (TPSA) is 68.5 Å². The van der Waals surface area contributed by atoms with E-state index in [1.165, 1.54) is 7.11 Å². The number of nitrogens with one attached hydrogen (secondary N) is 1. The molecule has 2 rings (SSSR count). The Bertz CT molecular complexity index is 535. The molecule has 0 unspecified atom stereocenters. The predicted octanol–water partition coefficient (Wildman–Crippen LogP) is 1.01. The number of methoxy groups -OCH3 is 1. The number of pyridine rings is 1. The molecular weight excluding hydrogens is 220 g/mol. The molecular formula is C11H14N4O2. The monoisotopic (exact) mass is 234 g/mol. The number of carbonyl (C=O) groups excluding carboxylic acids is 1. The zero-order chi connectivity index (χ0) is 12.3. The molecule has 90 valence electrons. The lowest BCUT2D eigenvalue weighted by molar-refractivity contribution is -0.140. The third-order valence-electron chi connectivity index (χ3n) is 2.32. The zero-order valence-corrected chi connectivity index (χ0v) is 9.80. The minimum absolute atomic E-state index is 0.253. The van der Waals surface area contributed by atoms with Crippen molar-refractivity contribution in [2.24, 2.45) is 0 Å². The molecule has 17 heavy (non-hydrogen) atoms. The van der Waals surface area contributed by atoms with E-state index < -0.39 is 0 Å². The van der Waals surface area contributed by atoms with Gasteiger partial charge in [-0.25, -0.2) is 4.52 Å². The lowest BCUT2D eigenvalue weighted by Gasteiger charge is -1.99. The van der Waals surface area contributed by atoms with Crippen molar-refractivity contribution in [1.82, 2.24) is 14.6 Å². The molecule has 0 spiro atoms. The second kappa shape index (κ2) is 4.82. The fourth-order valence-electron chi connectivity index (χ4n) is 1.44. The van der Waals surface area contributed by atoms with Crippen molar-refractivity contribution in [2.45, 2.75) is 13.3 Å². The number of ether oxygens (including phenoxy) is 1. The molecule has 0 fully saturated rings. The average Bonchev–Trinajstić information content (AvgIpc) is 2.70. The number of hydrogen-bond acceptors (Lipinski definition) is 5. The molecule has 0 aliphatic carbocycles. The van der Waals surface area contributed by atoms with Crippen LogP contribution in [0.2, 0.25) is 0 Å². The first-order valence-electron chi connectivity index (χ1n) is 5.33. The third kappa shape index (κ3) is 2.72. The lowest BCUT2D eigenvalue weighted by Crippen LogP contribution is -2.10. The van der Waals surface area contributed by atoms with Crippen LogP contribution in [0.5, 0.6) is 0 Å². The van der Waals surface area contributed by atoms with E-state index in [1.54, 1.807) is 4.52 Å². The van der Waals surface area contributed by atoms with Crippen molar-refractivity contribution >= 4 is 17.6 Å². The minimum atomic E-state index is -0.253. The van der Waals surface area contributed by atoms with Crippen LogP contribution >= 0.6 is 0 Å². The maximum absolute atomic E-state index is 10.9. The number of nitrogens with zero attached hydrogens (tertiary/aromatic N) is 3. The lowest BCUT2D eigenvalue weighted by atomic mass is 10.3. The van der Waals surface area contributed by atoms with E-state index in [1.807, 2.05) is 25.3 Å². The fourth-order valence-corrected chi connectivity index (χ4v) is 1.44. The summed E-state index contributed by atoms with van der Waals surface area (Å²) in [7, 11) is 1.37. The van der Waals surface area contributed by atoms with Crippen LogP contribution in [0.1, 0.15) is 12.0 Å². The largest absolute Gasteiger partial charge is 0.469 e. The summed E-state index contributed by atoms with van der Waals surface area (Å²) in [4.78, 5) is 15.2. The van der Waals surface area contributed by atoms with Gasteiger partial charge in [-0.2, -0.15) is 4.98 Å². The molecule has 0 atom stereocenters. The standard InChI is InChI=1S/C11H14N4O2/c1-8-3-4-9-13-11(14-15(9)7-8)12-6-5-10(16)17-2/h3-4,7H,5-6H2,1-2H3,(H,12,14). The summed E-state index contributed by atoms with van der Waals surface area (Å²) < 4.78 is 6.24. The Hall–Kier alpha value is -2.11. The van der Waals surface area contributed by atoms with Crippen LogP contribution in [0.3, 0.4) is 0 Å². The number of rotatable bonds is 4. The number of carbonyl (C=O) groups is 1. The molecule has 2 aromatic rings. The molecule has 2 aromatic heterocycles. The molecule has 6 nitrogen and oxygen atoms in total. The molecule has 2 heterocycles. The molecule has 0 radical (unpaired) electrons. The van der Waals surface area contributed by atoms with Gasteiger partial charge in [-0.3, -0.25) is 4.79 Å². The van der Waals surface area contributed by atoms with Crippen LogP contribution in [0.4, 0.5) is 5.95 Å². The quantitative estimate of drug-likeness (QED) is 0.800. The van der Waals surface area contributed by atoms with Crippen molar-refractivity contribution < 1.29 is 9.53 Å². The highest BCUT2D eigenvalue weighted by Gasteiger charge is 2.04. The van der Waals surface area contributed by atoms with Crippen LogP contribution < -0.4 is 5.32 Å². The van der Waals surface area contributed by atoms with Crippen molar-refractivity contribution in [3.63, 3.8) is 0 Å². The molecule has 0 bridgehead atoms. The minimum Gasteiger partial charge on any atom is -0.469 e. The Morgan fingerprint density at radius 3 is 3.12 bits per heavy atom. The van der Waals surface area contributed by atoms with Crippen molar-refractivity contribution in [3.8, 4) is 0 Å². The van der Waals surface area contributed by atoms with Crippen LogP contribution in [-0.2, 0) is 9.53 Å². The van der Waals surface area contributed by atoms with Gasteiger partial charge in [0.15, 0.2) is 5.65 Å². The molecule has 0 aliphatic rings. The highest BCUT2D eigenvalue weighted by molar-refractivity contribution is 5.69. The number of aryl methyl sites for hydroxylation is 1. The second-order valence-electron chi connectivity index (χ2n) is 3.70. The van der Waals surface area contributed by atoms with Crippen molar-refractivity contribution in [2.75, 3.05) is 19.0 Å². The van der Waals surface area contributed by atoms with Gasteiger partial charge in [0.25, 0.3) is 0 Å². The summed E-state index contributed by atoms with van der Waals surface area (Å²) >= 11 is 0. The van der Waals surface area contributed by atoms with Gasteiger partial charge in [-0.1, -0.05) is 6.07 Å². The summed E-state index contributed by atoms with van der Waals surface area (Å²) in [5.41, 5.74) is 1.89. The second-order valence-corrected chi connectivity index (χ2v) is 3.70. The first-order valence-corrected chi connectivity index (χ1v) is 5.33. The van der Waals surface area contributed by atoms with Crippen LogP contribution in [0.25, 0.3) is 5.65 Å². The number of esters is 1. The van der Waals surface area contributed by atoms with Gasteiger partial charge < -0.3 is 10.1 Å². The van der Waals surface area contributed by atoms with E-state index in [9.17, 15) is 4.79 Å². The van der Waals surface area contributed by atoms with Crippen molar-refractivity contribution in [1.29, 1.82) is 0 Å². The molecule has 0 aromatic carbocycles. The van der Waals surface area contributed by atoms with E-state index in [4.69, 9.17) is 0 Å². The third-order valence-corrected chi connectivity index (χ3v) is 2.32. The van der Waals surface area contributed by atoms with E-state index in [2.05, 4.69) is 20.1 Å². The SMILES string of the molecule is COC(=O)CCNc1nc2ccc(C)cn2n1. The fraction of sp³-hybridized carbons (Fsp3) is 0.364. The van der Waals surface area contributed by atoms with Crippen LogP contribution in [-0.4, -0.2) is 34.2 Å². The summed E-state index contributed by atoms with van der Waals surface area (Å²) in [5, 5.41) is 7.21. The Morgan fingerprint density at radius 2 is 2.35 bits per heavy atom. The van der Waals surface area contributed by atoms with E-state index in [0.29, 0.717) is 18.9 Å². The number of hydrogen-bond donors (Lipinski definition) is 1. The molecule has 6 heteroatoms. The Labute approximate surface area is 98.6 Å². The van der Waals surface area contributed by atoms with Gasteiger partial charge >= 0.3 is 5.97 Å². The van der Waals surface area contributed by atoms with Gasteiger partial charge in [0, 0.05) is 12.7 Å². The highest BCUT2D eigenvalue weighted by atomic mass is 16.5. The summed E-state index contributed by atoms with van der Waals surface area (Å²) in [6.45, 7) is 2.45. The van der Waals surface area contributed by atoms with E-state index >= 15 is 0 Å².